The molecule has 2 heterocycles. The van der Waals surface area contributed by atoms with Crippen LogP contribution in [0.1, 0.15) is 44.2 Å². The standard InChI is InChI=1S/C35H31NO5/c1-23-18-27(39-21-26-22-40-33-15-9-7-12-29(26)33)16-17-28(23)35(38)36-24(2)31(30-13-6-8-14-32(30)36)19-34(37)41-20-25-10-4-3-5-11-25/h3-18,26H,19-22H2,1-2H3/t26-/m1/s1. The van der Waals surface area contributed by atoms with E-state index in [4.69, 9.17) is 14.2 Å². The molecule has 1 aliphatic heterocycles. The van der Waals surface area contributed by atoms with Crippen molar-refractivity contribution in [3.63, 3.8) is 0 Å². The fourth-order valence-corrected chi connectivity index (χ4v) is 5.50. The van der Waals surface area contributed by atoms with E-state index >= 15 is 0 Å². The van der Waals surface area contributed by atoms with Crippen molar-refractivity contribution in [1.29, 1.82) is 0 Å². The Bertz CT molecular complexity index is 1740. The zero-order valence-electron chi connectivity index (χ0n) is 23.1. The van der Waals surface area contributed by atoms with Crippen LogP contribution in [0.15, 0.2) is 97.1 Å². The highest BCUT2D eigenvalue weighted by Crippen LogP contribution is 2.34. The maximum Gasteiger partial charge on any atom is 0.310 e. The summed E-state index contributed by atoms with van der Waals surface area (Å²) in [5, 5.41) is 0.867. The van der Waals surface area contributed by atoms with Crippen molar-refractivity contribution in [3.8, 4) is 11.5 Å². The first-order valence-electron chi connectivity index (χ1n) is 13.8. The molecule has 0 fully saturated rings. The van der Waals surface area contributed by atoms with Crippen LogP contribution in [0.3, 0.4) is 0 Å². The molecule has 41 heavy (non-hydrogen) atoms. The van der Waals surface area contributed by atoms with Crippen molar-refractivity contribution < 1.29 is 23.8 Å². The zero-order chi connectivity index (χ0) is 28.3. The van der Waals surface area contributed by atoms with Gasteiger partial charge in [-0.05, 0) is 60.9 Å². The maximum absolute atomic E-state index is 13.9. The summed E-state index contributed by atoms with van der Waals surface area (Å²) in [6.07, 6.45) is 0.0826. The second kappa shape index (κ2) is 11.3. The summed E-state index contributed by atoms with van der Waals surface area (Å²) in [5.41, 5.74) is 5.77. The molecule has 0 bridgehead atoms. The van der Waals surface area contributed by atoms with Gasteiger partial charge in [0.15, 0.2) is 0 Å². The normalized spacial score (nSPS) is 14.0. The van der Waals surface area contributed by atoms with Crippen molar-refractivity contribution in [3.05, 3.63) is 131 Å². The summed E-state index contributed by atoms with van der Waals surface area (Å²) >= 11 is 0. The number of hydrogen-bond donors (Lipinski definition) is 0. The molecule has 0 N–H and O–H groups in total. The number of rotatable bonds is 8. The molecule has 1 aromatic heterocycles. The average Bonchev–Trinajstić information content (AvgIpc) is 3.53. The molecule has 6 heteroatoms. The van der Waals surface area contributed by atoms with Crippen molar-refractivity contribution in [2.24, 2.45) is 0 Å². The predicted molar refractivity (Wildman–Crippen MR) is 158 cm³/mol. The third-order valence-corrected chi connectivity index (χ3v) is 7.69. The van der Waals surface area contributed by atoms with Crippen molar-refractivity contribution in [1.82, 2.24) is 4.57 Å². The Morgan fingerprint density at radius 3 is 2.49 bits per heavy atom. The number of carbonyl (C=O) groups is 2. The number of hydrogen-bond acceptors (Lipinski definition) is 5. The quantitative estimate of drug-likeness (QED) is 0.201. The highest BCUT2D eigenvalue weighted by Gasteiger charge is 2.25. The molecule has 1 aliphatic rings. The van der Waals surface area contributed by atoms with Crippen molar-refractivity contribution >= 4 is 22.8 Å². The van der Waals surface area contributed by atoms with E-state index in [0.29, 0.717) is 24.5 Å². The minimum Gasteiger partial charge on any atom is -0.493 e. The Kier molecular flexibility index (Phi) is 7.30. The van der Waals surface area contributed by atoms with E-state index in [1.54, 1.807) is 4.57 Å². The number of aromatic nitrogens is 1. The Hall–Kier alpha value is -4.84. The van der Waals surface area contributed by atoms with Crippen LogP contribution >= 0.6 is 0 Å². The first-order chi connectivity index (χ1) is 20.0. The summed E-state index contributed by atoms with van der Waals surface area (Å²) in [7, 11) is 0. The molecule has 206 valence electrons. The molecule has 0 radical (unpaired) electrons. The predicted octanol–water partition coefficient (Wildman–Crippen LogP) is 6.79. The minimum absolute atomic E-state index is 0.0826. The topological polar surface area (TPSA) is 66.8 Å². The summed E-state index contributed by atoms with van der Waals surface area (Å²) in [5.74, 6) is 1.31. The van der Waals surface area contributed by atoms with E-state index < -0.39 is 0 Å². The van der Waals surface area contributed by atoms with Crippen LogP contribution in [-0.2, 0) is 22.6 Å². The lowest BCUT2D eigenvalue weighted by Crippen LogP contribution is -2.16. The van der Waals surface area contributed by atoms with Crippen molar-refractivity contribution in [2.45, 2.75) is 32.8 Å². The molecule has 0 aliphatic carbocycles. The van der Waals surface area contributed by atoms with E-state index in [9.17, 15) is 9.59 Å². The fraction of sp³-hybridized carbons (Fsp3) is 0.200. The molecule has 5 aromatic rings. The van der Waals surface area contributed by atoms with Crippen LogP contribution < -0.4 is 9.47 Å². The van der Waals surface area contributed by atoms with E-state index in [1.807, 2.05) is 105 Å². The van der Waals surface area contributed by atoms with Crippen LogP contribution in [0, 0.1) is 13.8 Å². The number of esters is 1. The molecule has 0 spiro atoms. The Morgan fingerprint density at radius 2 is 1.66 bits per heavy atom. The minimum atomic E-state index is -0.333. The lowest BCUT2D eigenvalue weighted by molar-refractivity contribution is -0.144. The van der Waals surface area contributed by atoms with Crippen LogP contribution in [0.4, 0.5) is 0 Å². The van der Waals surface area contributed by atoms with Gasteiger partial charge in [-0.3, -0.25) is 14.2 Å². The molecule has 1 atom stereocenters. The molecule has 4 aromatic carbocycles. The molecule has 6 rings (SSSR count). The third-order valence-electron chi connectivity index (χ3n) is 7.69. The molecular weight excluding hydrogens is 514 g/mol. The molecule has 0 saturated carbocycles. The largest absolute Gasteiger partial charge is 0.493 e. The van der Waals surface area contributed by atoms with Crippen molar-refractivity contribution in [2.75, 3.05) is 13.2 Å². The summed E-state index contributed by atoms with van der Waals surface area (Å²) < 4.78 is 19.1. The Labute approximate surface area is 239 Å². The fourth-order valence-electron chi connectivity index (χ4n) is 5.50. The maximum atomic E-state index is 13.9. The number of ether oxygens (including phenoxy) is 3. The highest BCUT2D eigenvalue weighted by atomic mass is 16.5. The summed E-state index contributed by atoms with van der Waals surface area (Å²) in [6.45, 7) is 5.10. The van der Waals surface area contributed by atoms with Gasteiger partial charge in [0.1, 0.15) is 18.1 Å². The number of carbonyl (C=O) groups excluding carboxylic acids is 2. The van der Waals surface area contributed by atoms with Gasteiger partial charge >= 0.3 is 5.97 Å². The lowest BCUT2D eigenvalue weighted by Gasteiger charge is -2.14. The number of fused-ring (bicyclic) bond motifs is 2. The molecule has 0 amide bonds. The first kappa shape index (κ1) is 26.4. The smallest absolute Gasteiger partial charge is 0.310 e. The van der Waals surface area contributed by atoms with Crippen LogP contribution in [-0.4, -0.2) is 29.7 Å². The lowest BCUT2D eigenvalue weighted by atomic mass is 10.0. The van der Waals surface area contributed by atoms with Gasteiger partial charge in [-0.1, -0.05) is 66.7 Å². The summed E-state index contributed by atoms with van der Waals surface area (Å²) in [4.78, 5) is 26.7. The third kappa shape index (κ3) is 5.33. The van der Waals surface area contributed by atoms with E-state index in [-0.39, 0.29) is 30.8 Å². The molecule has 6 nitrogen and oxygen atoms in total. The first-order valence-corrected chi connectivity index (χ1v) is 13.8. The number of nitrogens with zero attached hydrogens (tertiary/aromatic N) is 1. The molecule has 0 unspecified atom stereocenters. The van der Waals surface area contributed by atoms with Gasteiger partial charge in [-0.25, -0.2) is 0 Å². The van der Waals surface area contributed by atoms with E-state index in [1.165, 1.54) is 0 Å². The number of benzene rings is 4. The second-order valence-electron chi connectivity index (χ2n) is 10.4. The highest BCUT2D eigenvalue weighted by molar-refractivity contribution is 6.05. The molecular formula is C35H31NO5. The number of aryl methyl sites for hydroxylation is 1. The number of para-hydroxylation sites is 2. The zero-order valence-corrected chi connectivity index (χ0v) is 23.1. The van der Waals surface area contributed by atoms with Gasteiger partial charge in [0, 0.05) is 22.2 Å². The van der Waals surface area contributed by atoms with Gasteiger partial charge in [0.25, 0.3) is 5.91 Å². The SMILES string of the molecule is Cc1cc(OC[C@@H]2COc3ccccc32)ccc1C(=O)n1c(C)c(CC(=O)OCc2ccccc2)c2ccccc21. The van der Waals surface area contributed by atoms with E-state index in [2.05, 4.69) is 6.07 Å². The van der Waals surface area contributed by atoms with Gasteiger partial charge in [0.2, 0.25) is 0 Å². The van der Waals surface area contributed by atoms with Crippen LogP contribution in [0.2, 0.25) is 0 Å². The average molecular weight is 546 g/mol. The Morgan fingerprint density at radius 1 is 0.902 bits per heavy atom. The van der Waals surface area contributed by atoms with Gasteiger partial charge in [-0.2, -0.15) is 0 Å². The van der Waals surface area contributed by atoms with Crippen LogP contribution in [0.5, 0.6) is 11.5 Å². The van der Waals surface area contributed by atoms with E-state index in [0.717, 1.165) is 44.6 Å². The monoisotopic (exact) mass is 545 g/mol. The van der Waals surface area contributed by atoms with Gasteiger partial charge in [-0.15, -0.1) is 0 Å². The Balaban J connectivity index is 1.20. The molecule has 0 saturated heterocycles. The van der Waals surface area contributed by atoms with Crippen LogP contribution in [0.25, 0.3) is 10.9 Å². The van der Waals surface area contributed by atoms with Gasteiger partial charge in [0.05, 0.1) is 31.1 Å². The van der Waals surface area contributed by atoms with Gasteiger partial charge < -0.3 is 14.2 Å². The second-order valence-corrected chi connectivity index (χ2v) is 10.4. The summed E-state index contributed by atoms with van der Waals surface area (Å²) in [6, 6.07) is 30.9.